The Balaban J connectivity index is 2.24. The van der Waals surface area contributed by atoms with Crippen LogP contribution in [0.4, 0.5) is 0 Å². The van der Waals surface area contributed by atoms with E-state index in [0.717, 1.165) is 14.9 Å². The zero-order valence-electron chi connectivity index (χ0n) is 10.4. The molecule has 0 aliphatic heterocycles. The monoisotopic (exact) mass is 322 g/mol. The summed E-state index contributed by atoms with van der Waals surface area (Å²) in [4.78, 5) is 2.38. The first-order valence-electron chi connectivity index (χ1n) is 5.78. The van der Waals surface area contributed by atoms with Gasteiger partial charge in [0.25, 0.3) is 0 Å². The highest BCUT2D eigenvalue weighted by Gasteiger charge is 2.06. The lowest BCUT2D eigenvalue weighted by Crippen LogP contribution is -1.90. The maximum absolute atomic E-state index is 9.54. The third-order valence-corrected chi connectivity index (χ3v) is 4.64. The number of halogens is 1. The first-order valence-corrected chi connectivity index (χ1v) is 7.39. The van der Waals surface area contributed by atoms with Crippen molar-refractivity contribution < 1.29 is 5.11 Å². The van der Waals surface area contributed by atoms with Gasteiger partial charge in [-0.3, -0.25) is 0 Å². The lowest BCUT2D eigenvalue weighted by atomic mass is 10.1. The molecular formula is C15H15BrOS. The zero-order valence-corrected chi connectivity index (χ0v) is 12.8. The summed E-state index contributed by atoms with van der Waals surface area (Å²) in [6, 6.07) is 14.4. The Hall–Kier alpha value is -0.770. The smallest absolute Gasteiger partial charge is 0.0762 e. The Kier molecular flexibility index (Phi) is 4.49. The number of benzene rings is 2. The van der Waals surface area contributed by atoms with Crippen molar-refractivity contribution in [3.8, 4) is 0 Å². The molecule has 1 N–H and O–H groups in total. The van der Waals surface area contributed by atoms with E-state index in [9.17, 15) is 5.11 Å². The van der Waals surface area contributed by atoms with E-state index in [2.05, 4.69) is 47.1 Å². The SMILES string of the molecule is Cc1cccc(Sc2ccc(C(C)O)cc2Br)c1. The summed E-state index contributed by atoms with van der Waals surface area (Å²) in [5, 5.41) is 9.54. The third-order valence-electron chi connectivity index (χ3n) is 2.66. The van der Waals surface area contributed by atoms with Crippen LogP contribution >= 0.6 is 27.7 Å². The van der Waals surface area contributed by atoms with Gasteiger partial charge in [-0.25, -0.2) is 0 Å². The van der Waals surface area contributed by atoms with Crippen LogP contribution in [-0.4, -0.2) is 5.11 Å². The molecule has 0 fully saturated rings. The fourth-order valence-corrected chi connectivity index (χ4v) is 3.24. The second-order valence-electron chi connectivity index (χ2n) is 4.28. The van der Waals surface area contributed by atoms with Crippen LogP contribution in [0.1, 0.15) is 24.2 Å². The zero-order chi connectivity index (χ0) is 13.1. The summed E-state index contributed by atoms with van der Waals surface area (Å²) >= 11 is 5.28. The minimum atomic E-state index is -0.431. The van der Waals surface area contributed by atoms with Gasteiger partial charge in [-0.2, -0.15) is 0 Å². The van der Waals surface area contributed by atoms with Crippen molar-refractivity contribution in [1.29, 1.82) is 0 Å². The molecule has 0 bridgehead atoms. The lowest BCUT2D eigenvalue weighted by Gasteiger charge is -2.09. The molecule has 1 unspecified atom stereocenters. The summed E-state index contributed by atoms with van der Waals surface area (Å²) in [6.07, 6.45) is -0.431. The molecule has 0 aliphatic rings. The number of aliphatic hydroxyl groups is 1. The van der Waals surface area contributed by atoms with E-state index in [0.29, 0.717) is 0 Å². The van der Waals surface area contributed by atoms with Crippen molar-refractivity contribution in [1.82, 2.24) is 0 Å². The predicted molar refractivity (Wildman–Crippen MR) is 80.1 cm³/mol. The number of rotatable bonds is 3. The molecule has 2 aromatic carbocycles. The average molecular weight is 323 g/mol. The number of hydrogen-bond acceptors (Lipinski definition) is 2. The topological polar surface area (TPSA) is 20.2 Å². The molecular weight excluding hydrogens is 308 g/mol. The van der Waals surface area contributed by atoms with Crippen LogP contribution in [0.5, 0.6) is 0 Å². The Bertz CT molecular complexity index is 552. The van der Waals surface area contributed by atoms with Gasteiger partial charge in [0, 0.05) is 14.3 Å². The van der Waals surface area contributed by atoms with Gasteiger partial charge < -0.3 is 5.11 Å². The van der Waals surface area contributed by atoms with Gasteiger partial charge in [-0.05, 0) is 59.6 Å². The molecule has 2 rings (SSSR count). The standard InChI is InChI=1S/C15H15BrOS/c1-10-4-3-5-13(8-10)18-15-7-6-12(11(2)17)9-14(15)16/h3-9,11,17H,1-2H3. The molecule has 1 nitrogen and oxygen atoms in total. The second-order valence-corrected chi connectivity index (χ2v) is 6.25. The van der Waals surface area contributed by atoms with Crippen molar-refractivity contribution in [2.24, 2.45) is 0 Å². The van der Waals surface area contributed by atoms with Crippen molar-refractivity contribution in [3.63, 3.8) is 0 Å². The van der Waals surface area contributed by atoms with E-state index in [-0.39, 0.29) is 0 Å². The Labute approximate surface area is 120 Å². The fraction of sp³-hybridized carbons (Fsp3) is 0.200. The van der Waals surface area contributed by atoms with E-state index in [1.54, 1.807) is 18.7 Å². The van der Waals surface area contributed by atoms with Gasteiger partial charge >= 0.3 is 0 Å². The lowest BCUT2D eigenvalue weighted by molar-refractivity contribution is 0.199. The van der Waals surface area contributed by atoms with Crippen molar-refractivity contribution >= 4 is 27.7 Å². The summed E-state index contributed by atoms with van der Waals surface area (Å²) in [7, 11) is 0. The summed E-state index contributed by atoms with van der Waals surface area (Å²) < 4.78 is 1.02. The molecule has 2 aromatic rings. The minimum absolute atomic E-state index is 0.431. The molecule has 0 saturated carbocycles. The molecule has 18 heavy (non-hydrogen) atoms. The van der Waals surface area contributed by atoms with Crippen LogP contribution in [-0.2, 0) is 0 Å². The van der Waals surface area contributed by atoms with Gasteiger partial charge in [0.05, 0.1) is 6.10 Å². The molecule has 0 aliphatic carbocycles. The highest BCUT2D eigenvalue weighted by molar-refractivity contribution is 9.10. The van der Waals surface area contributed by atoms with Crippen LogP contribution in [0.2, 0.25) is 0 Å². The van der Waals surface area contributed by atoms with Crippen LogP contribution < -0.4 is 0 Å². The minimum Gasteiger partial charge on any atom is -0.389 e. The molecule has 1 atom stereocenters. The van der Waals surface area contributed by atoms with Crippen LogP contribution in [0.25, 0.3) is 0 Å². The van der Waals surface area contributed by atoms with Crippen LogP contribution in [0.15, 0.2) is 56.7 Å². The van der Waals surface area contributed by atoms with E-state index < -0.39 is 6.10 Å². The number of aliphatic hydroxyl groups excluding tert-OH is 1. The van der Waals surface area contributed by atoms with E-state index in [4.69, 9.17) is 0 Å². The van der Waals surface area contributed by atoms with Gasteiger partial charge in [0.1, 0.15) is 0 Å². The van der Waals surface area contributed by atoms with Crippen molar-refractivity contribution in [2.75, 3.05) is 0 Å². The molecule has 0 spiro atoms. The van der Waals surface area contributed by atoms with E-state index >= 15 is 0 Å². The Morgan fingerprint density at radius 2 is 1.94 bits per heavy atom. The van der Waals surface area contributed by atoms with E-state index in [1.165, 1.54) is 10.5 Å². The first-order chi connectivity index (χ1) is 8.56. The van der Waals surface area contributed by atoms with E-state index in [1.807, 2.05) is 18.2 Å². The van der Waals surface area contributed by atoms with Crippen LogP contribution in [0.3, 0.4) is 0 Å². The molecule has 94 valence electrons. The van der Waals surface area contributed by atoms with Crippen LogP contribution in [0, 0.1) is 6.92 Å². The van der Waals surface area contributed by atoms with Gasteiger partial charge in [0.2, 0.25) is 0 Å². The summed E-state index contributed by atoms with van der Waals surface area (Å²) in [5.41, 5.74) is 2.19. The molecule has 3 heteroatoms. The molecule has 0 radical (unpaired) electrons. The number of hydrogen-bond donors (Lipinski definition) is 1. The highest BCUT2D eigenvalue weighted by atomic mass is 79.9. The molecule has 0 heterocycles. The average Bonchev–Trinajstić information content (AvgIpc) is 2.31. The predicted octanol–water partition coefficient (Wildman–Crippen LogP) is 4.96. The highest BCUT2D eigenvalue weighted by Crippen LogP contribution is 2.35. The Morgan fingerprint density at radius 1 is 1.17 bits per heavy atom. The fourth-order valence-electron chi connectivity index (χ4n) is 1.67. The third kappa shape index (κ3) is 3.37. The largest absolute Gasteiger partial charge is 0.389 e. The molecule has 0 amide bonds. The normalized spacial score (nSPS) is 12.4. The maximum Gasteiger partial charge on any atom is 0.0762 e. The Morgan fingerprint density at radius 3 is 2.56 bits per heavy atom. The second kappa shape index (κ2) is 5.91. The maximum atomic E-state index is 9.54. The first kappa shape index (κ1) is 13.7. The van der Waals surface area contributed by atoms with Gasteiger partial charge in [0.15, 0.2) is 0 Å². The molecule has 0 aromatic heterocycles. The number of aryl methyl sites for hydroxylation is 1. The van der Waals surface area contributed by atoms with Crippen molar-refractivity contribution in [2.45, 2.75) is 29.7 Å². The quantitative estimate of drug-likeness (QED) is 0.861. The summed E-state index contributed by atoms with van der Waals surface area (Å²) in [6.45, 7) is 3.87. The van der Waals surface area contributed by atoms with Gasteiger partial charge in [-0.1, -0.05) is 35.5 Å². The van der Waals surface area contributed by atoms with Crippen molar-refractivity contribution in [3.05, 3.63) is 58.1 Å². The summed E-state index contributed by atoms with van der Waals surface area (Å²) in [5.74, 6) is 0. The van der Waals surface area contributed by atoms with Gasteiger partial charge in [-0.15, -0.1) is 0 Å². The molecule has 0 saturated heterocycles.